The highest BCUT2D eigenvalue weighted by Crippen LogP contribution is 2.28. The molecule has 0 radical (unpaired) electrons. The Bertz CT molecular complexity index is 1110. The number of hydrogen-bond acceptors (Lipinski definition) is 5. The normalized spacial score (nSPS) is 16.3. The van der Waals surface area contributed by atoms with E-state index in [1.807, 2.05) is 12.3 Å². The number of hydrogen-bond donors (Lipinski definition) is 2. The van der Waals surface area contributed by atoms with E-state index in [4.69, 9.17) is 4.98 Å². The molecule has 0 aromatic carbocycles. The molecule has 150 valence electrons. The Morgan fingerprint density at radius 3 is 2.83 bits per heavy atom. The van der Waals surface area contributed by atoms with E-state index in [-0.39, 0.29) is 17.9 Å². The van der Waals surface area contributed by atoms with Crippen molar-refractivity contribution in [3.8, 4) is 0 Å². The van der Waals surface area contributed by atoms with Gasteiger partial charge in [0.15, 0.2) is 5.65 Å². The van der Waals surface area contributed by atoms with Crippen molar-refractivity contribution >= 4 is 39.3 Å². The molecule has 1 aliphatic carbocycles. The largest absolute Gasteiger partial charge is 0.349 e. The highest BCUT2D eigenvalue weighted by molar-refractivity contribution is 7.14. The third-order valence-electron chi connectivity index (χ3n) is 5.49. The summed E-state index contributed by atoms with van der Waals surface area (Å²) in [6.45, 7) is 2.78. The van der Waals surface area contributed by atoms with Gasteiger partial charge in [-0.25, -0.2) is 9.97 Å². The number of pyridine rings is 1. The van der Waals surface area contributed by atoms with E-state index in [9.17, 15) is 9.59 Å². The van der Waals surface area contributed by atoms with Gasteiger partial charge in [-0.05, 0) is 50.1 Å². The van der Waals surface area contributed by atoms with Gasteiger partial charge in [0.2, 0.25) is 0 Å². The van der Waals surface area contributed by atoms with Gasteiger partial charge in [0.05, 0.1) is 11.1 Å². The topological polar surface area (TPSA) is 88.9 Å². The number of aryl methyl sites for hydroxylation is 3. The number of fused-ring (bicyclic) bond motifs is 3. The minimum atomic E-state index is -0.253. The number of carbonyl (C=O) groups is 2. The van der Waals surface area contributed by atoms with E-state index in [1.165, 1.54) is 17.8 Å². The third kappa shape index (κ3) is 3.53. The van der Waals surface area contributed by atoms with Gasteiger partial charge < -0.3 is 15.2 Å². The van der Waals surface area contributed by atoms with Crippen LogP contribution in [-0.4, -0.2) is 32.4 Å². The van der Waals surface area contributed by atoms with Gasteiger partial charge in [0.1, 0.15) is 16.3 Å². The van der Waals surface area contributed by atoms with Crippen LogP contribution in [0.4, 0.5) is 5.00 Å². The summed E-state index contributed by atoms with van der Waals surface area (Å²) in [4.78, 5) is 35.0. The summed E-state index contributed by atoms with van der Waals surface area (Å²) < 4.78 is 2.16. The predicted molar refractivity (Wildman–Crippen MR) is 113 cm³/mol. The minimum Gasteiger partial charge on any atom is -0.349 e. The van der Waals surface area contributed by atoms with Crippen LogP contribution >= 0.6 is 11.3 Å². The number of imidazole rings is 1. The summed E-state index contributed by atoms with van der Waals surface area (Å²) >= 11 is 1.35. The molecule has 0 bridgehead atoms. The van der Waals surface area contributed by atoms with Gasteiger partial charge in [0, 0.05) is 24.7 Å². The lowest BCUT2D eigenvalue weighted by Crippen LogP contribution is -2.26. The molecule has 1 fully saturated rings. The van der Waals surface area contributed by atoms with Crippen LogP contribution in [0.3, 0.4) is 0 Å². The van der Waals surface area contributed by atoms with Gasteiger partial charge in [-0.2, -0.15) is 0 Å². The standard InChI is InChI=1S/C21H23N5O2S/c1-12-11-15(17-18(22-12)26-9-4-2-3-5-16(26)24-17)20(28)25-21-14(8-10-29-21)19(27)23-13-6-7-13/h8,10-11,13H,2-7,9H2,1H3,(H,23,27)(H,25,28). The maximum atomic E-state index is 13.2. The van der Waals surface area contributed by atoms with Crippen molar-refractivity contribution < 1.29 is 9.59 Å². The molecule has 1 aliphatic heterocycles. The predicted octanol–water partition coefficient (Wildman–Crippen LogP) is 3.67. The molecule has 3 aromatic rings. The molecule has 29 heavy (non-hydrogen) atoms. The van der Waals surface area contributed by atoms with Crippen LogP contribution in [0, 0.1) is 6.92 Å². The van der Waals surface area contributed by atoms with Gasteiger partial charge in [-0.1, -0.05) is 6.42 Å². The Labute approximate surface area is 172 Å². The zero-order valence-electron chi connectivity index (χ0n) is 16.3. The van der Waals surface area contributed by atoms with Crippen LogP contribution in [0.5, 0.6) is 0 Å². The second kappa shape index (κ2) is 7.26. The number of nitrogens with one attached hydrogen (secondary N) is 2. The molecule has 3 aromatic heterocycles. The van der Waals surface area contributed by atoms with Crippen molar-refractivity contribution in [1.29, 1.82) is 0 Å². The van der Waals surface area contributed by atoms with Crippen molar-refractivity contribution in [3.05, 3.63) is 40.2 Å². The molecule has 0 spiro atoms. The van der Waals surface area contributed by atoms with E-state index in [2.05, 4.69) is 20.2 Å². The molecule has 8 heteroatoms. The monoisotopic (exact) mass is 409 g/mol. The van der Waals surface area contributed by atoms with Crippen molar-refractivity contribution in [2.45, 2.75) is 58.0 Å². The fourth-order valence-electron chi connectivity index (χ4n) is 3.83. The maximum Gasteiger partial charge on any atom is 0.258 e. The lowest BCUT2D eigenvalue weighted by atomic mass is 10.2. The fourth-order valence-corrected chi connectivity index (χ4v) is 4.61. The summed E-state index contributed by atoms with van der Waals surface area (Å²) in [5.74, 6) is 0.621. The average molecular weight is 410 g/mol. The quantitative estimate of drug-likeness (QED) is 0.688. The van der Waals surface area contributed by atoms with E-state index < -0.39 is 0 Å². The fraction of sp³-hybridized carbons (Fsp3) is 0.429. The molecule has 5 rings (SSSR count). The number of thiophene rings is 1. The molecule has 0 atom stereocenters. The smallest absolute Gasteiger partial charge is 0.258 e. The first-order valence-electron chi connectivity index (χ1n) is 10.2. The number of carbonyl (C=O) groups excluding carboxylic acids is 2. The number of rotatable bonds is 4. The summed E-state index contributed by atoms with van der Waals surface area (Å²) in [6, 6.07) is 3.81. The molecule has 4 heterocycles. The second-order valence-electron chi connectivity index (χ2n) is 7.84. The zero-order valence-corrected chi connectivity index (χ0v) is 17.1. The summed E-state index contributed by atoms with van der Waals surface area (Å²) in [5.41, 5.74) is 3.23. The molecule has 1 saturated carbocycles. The number of anilines is 1. The highest BCUT2D eigenvalue weighted by Gasteiger charge is 2.26. The van der Waals surface area contributed by atoms with E-state index in [0.717, 1.165) is 55.8 Å². The van der Waals surface area contributed by atoms with E-state index >= 15 is 0 Å². The first-order valence-corrected chi connectivity index (χ1v) is 11.0. The van der Waals surface area contributed by atoms with Crippen molar-refractivity contribution in [3.63, 3.8) is 0 Å². The van der Waals surface area contributed by atoms with Crippen LogP contribution < -0.4 is 10.6 Å². The van der Waals surface area contributed by atoms with Crippen molar-refractivity contribution in [1.82, 2.24) is 19.9 Å². The molecule has 0 saturated heterocycles. The maximum absolute atomic E-state index is 13.2. The Morgan fingerprint density at radius 2 is 2.00 bits per heavy atom. The summed E-state index contributed by atoms with van der Waals surface area (Å²) in [5, 5.41) is 8.30. The first-order chi connectivity index (χ1) is 14.1. The zero-order chi connectivity index (χ0) is 20.0. The molecule has 7 nitrogen and oxygen atoms in total. The molecule has 2 aliphatic rings. The van der Waals surface area contributed by atoms with Crippen LogP contribution in [-0.2, 0) is 13.0 Å². The van der Waals surface area contributed by atoms with Crippen LogP contribution in [0.2, 0.25) is 0 Å². The van der Waals surface area contributed by atoms with E-state index in [1.54, 1.807) is 12.1 Å². The van der Waals surface area contributed by atoms with Crippen LogP contribution in [0.15, 0.2) is 17.5 Å². The number of nitrogens with zero attached hydrogens (tertiary/aromatic N) is 3. The molecular weight excluding hydrogens is 386 g/mol. The van der Waals surface area contributed by atoms with Crippen LogP contribution in [0.25, 0.3) is 11.2 Å². The van der Waals surface area contributed by atoms with Gasteiger partial charge in [0.25, 0.3) is 11.8 Å². The van der Waals surface area contributed by atoms with Gasteiger partial charge in [-0.15, -0.1) is 11.3 Å². The number of amides is 2. The molecule has 2 N–H and O–H groups in total. The SMILES string of the molecule is Cc1cc(C(=O)Nc2sccc2C(=O)NC2CC2)c2nc3n(c2n1)CCCCC3. The Morgan fingerprint density at radius 1 is 1.14 bits per heavy atom. The Balaban J connectivity index is 1.47. The number of aromatic nitrogens is 3. The Hall–Kier alpha value is -2.74. The lowest BCUT2D eigenvalue weighted by molar-refractivity contribution is 0.0952. The highest BCUT2D eigenvalue weighted by atomic mass is 32.1. The Kier molecular flexibility index (Phi) is 4.58. The van der Waals surface area contributed by atoms with Crippen molar-refractivity contribution in [2.75, 3.05) is 5.32 Å². The van der Waals surface area contributed by atoms with Gasteiger partial charge in [-0.3, -0.25) is 9.59 Å². The first kappa shape index (κ1) is 18.3. The second-order valence-corrected chi connectivity index (χ2v) is 8.76. The summed E-state index contributed by atoms with van der Waals surface area (Å²) in [6.07, 6.45) is 6.36. The third-order valence-corrected chi connectivity index (χ3v) is 6.32. The van der Waals surface area contributed by atoms with Crippen LogP contribution in [0.1, 0.15) is 64.3 Å². The molecule has 0 unspecified atom stereocenters. The van der Waals surface area contributed by atoms with Gasteiger partial charge >= 0.3 is 0 Å². The molecular formula is C21H23N5O2S. The van der Waals surface area contributed by atoms with Crippen molar-refractivity contribution in [2.24, 2.45) is 0 Å². The van der Waals surface area contributed by atoms with E-state index in [0.29, 0.717) is 21.6 Å². The minimum absolute atomic E-state index is 0.131. The average Bonchev–Trinajstić information content (AvgIpc) is 3.35. The lowest BCUT2D eigenvalue weighted by Gasteiger charge is -2.09. The summed E-state index contributed by atoms with van der Waals surface area (Å²) in [7, 11) is 0. The molecule has 2 amide bonds.